The van der Waals surface area contributed by atoms with Crippen molar-refractivity contribution in [1.29, 1.82) is 0 Å². The Labute approximate surface area is 169 Å². The molecular formula is C20H21Cl2N3O2. The first-order valence-corrected chi connectivity index (χ1v) is 9.12. The van der Waals surface area contributed by atoms with Crippen LogP contribution in [0.15, 0.2) is 59.1 Å². The van der Waals surface area contributed by atoms with Crippen LogP contribution < -0.4 is 10.5 Å². The van der Waals surface area contributed by atoms with Crippen LogP contribution in [0.3, 0.4) is 0 Å². The number of aromatic nitrogens is 2. The summed E-state index contributed by atoms with van der Waals surface area (Å²) in [4.78, 5) is 4.60. The van der Waals surface area contributed by atoms with Gasteiger partial charge in [0.1, 0.15) is 5.75 Å². The summed E-state index contributed by atoms with van der Waals surface area (Å²) in [5.41, 5.74) is 6.89. The third kappa shape index (κ3) is 4.26. The fourth-order valence-electron chi connectivity index (χ4n) is 3.31. The van der Waals surface area contributed by atoms with Gasteiger partial charge >= 0.3 is 0 Å². The van der Waals surface area contributed by atoms with Gasteiger partial charge in [0.05, 0.1) is 5.54 Å². The maximum Gasteiger partial charge on any atom is 0.272 e. The zero-order valence-corrected chi connectivity index (χ0v) is 16.2. The Morgan fingerprint density at radius 2 is 1.70 bits per heavy atom. The largest absolute Gasteiger partial charge is 0.476 e. The smallest absolute Gasteiger partial charge is 0.272 e. The average Bonchev–Trinajstić information content (AvgIpc) is 3.32. The molecule has 0 amide bonds. The second-order valence-corrected chi connectivity index (χ2v) is 7.12. The van der Waals surface area contributed by atoms with Gasteiger partial charge in [-0.05, 0) is 37.1 Å². The summed E-state index contributed by atoms with van der Waals surface area (Å²) in [5, 5.41) is 4.81. The highest BCUT2D eigenvalue weighted by molar-refractivity contribution is 6.30. The fourth-order valence-corrected chi connectivity index (χ4v) is 3.44. The van der Waals surface area contributed by atoms with Crippen LogP contribution in [0, 0.1) is 0 Å². The quantitative estimate of drug-likeness (QED) is 0.643. The molecule has 4 rings (SSSR count). The topological polar surface area (TPSA) is 74.2 Å². The van der Waals surface area contributed by atoms with Crippen LogP contribution >= 0.6 is 24.0 Å². The Morgan fingerprint density at radius 1 is 1.04 bits per heavy atom. The van der Waals surface area contributed by atoms with Gasteiger partial charge in [0.15, 0.2) is 5.82 Å². The molecule has 5 nitrogen and oxygen atoms in total. The molecule has 2 aromatic carbocycles. The number of benzene rings is 2. The minimum atomic E-state index is -0.511. The Bertz CT molecular complexity index is 862. The first kappa shape index (κ1) is 19.7. The lowest BCUT2D eigenvalue weighted by atomic mass is 9.98. The number of nitrogens with zero attached hydrogens (tertiary/aromatic N) is 2. The van der Waals surface area contributed by atoms with E-state index in [1.54, 1.807) is 12.1 Å². The van der Waals surface area contributed by atoms with Gasteiger partial charge in [0.2, 0.25) is 6.10 Å². The number of nitrogens with two attached hydrogens (primary N) is 1. The zero-order valence-electron chi connectivity index (χ0n) is 14.7. The molecule has 0 bridgehead atoms. The molecule has 1 fully saturated rings. The molecule has 1 aliphatic rings. The molecule has 1 saturated carbocycles. The van der Waals surface area contributed by atoms with E-state index in [2.05, 4.69) is 10.1 Å². The van der Waals surface area contributed by atoms with Crippen LogP contribution in [0.5, 0.6) is 5.75 Å². The third-order valence-corrected chi connectivity index (χ3v) is 5.03. The van der Waals surface area contributed by atoms with Gasteiger partial charge in [0.25, 0.3) is 5.89 Å². The maximum absolute atomic E-state index is 6.46. The first-order chi connectivity index (χ1) is 12.6. The second kappa shape index (κ2) is 8.30. The molecule has 1 heterocycles. The molecule has 2 N–H and O–H groups in total. The summed E-state index contributed by atoms with van der Waals surface area (Å²) in [5.74, 6) is 1.63. The van der Waals surface area contributed by atoms with Crippen molar-refractivity contribution in [2.75, 3.05) is 0 Å². The molecule has 1 aromatic heterocycles. The van der Waals surface area contributed by atoms with Gasteiger partial charge in [-0.2, -0.15) is 4.98 Å². The highest BCUT2D eigenvalue weighted by Gasteiger charge is 2.37. The lowest BCUT2D eigenvalue weighted by Gasteiger charge is -2.18. The molecule has 1 aliphatic carbocycles. The number of ether oxygens (including phenoxy) is 1. The summed E-state index contributed by atoms with van der Waals surface area (Å²) >= 11 is 5.96. The van der Waals surface area contributed by atoms with E-state index in [1.807, 2.05) is 42.5 Å². The predicted molar refractivity (Wildman–Crippen MR) is 106 cm³/mol. The van der Waals surface area contributed by atoms with Crippen LogP contribution in [0.2, 0.25) is 5.02 Å². The molecular weight excluding hydrogens is 385 g/mol. The number of hydrogen-bond donors (Lipinski definition) is 1. The van der Waals surface area contributed by atoms with Gasteiger partial charge in [-0.25, -0.2) is 0 Å². The monoisotopic (exact) mass is 405 g/mol. The van der Waals surface area contributed by atoms with Crippen LogP contribution in [0.4, 0.5) is 0 Å². The van der Waals surface area contributed by atoms with Gasteiger partial charge < -0.3 is 15.0 Å². The van der Waals surface area contributed by atoms with E-state index in [0.29, 0.717) is 22.5 Å². The third-order valence-electron chi connectivity index (χ3n) is 4.78. The van der Waals surface area contributed by atoms with Gasteiger partial charge in [-0.3, -0.25) is 0 Å². The van der Waals surface area contributed by atoms with Gasteiger partial charge in [0, 0.05) is 10.6 Å². The fraction of sp³-hybridized carbons (Fsp3) is 0.300. The molecule has 1 atom stereocenters. The Morgan fingerprint density at radius 3 is 2.37 bits per heavy atom. The van der Waals surface area contributed by atoms with Crippen LogP contribution in [-0.4, -0.2) is 10.1 Å². The summed E-state index contributed by atoms with van der Waals surface area (Å²) in [6, 6.07) is 17.0. The highest BCUT2D eigenvalue weighted by atomic mass is 35.5. The van der Waals surface area contributed by atoms with E-state index in [4.69, 9.17) is 26.6 Å². The summed E-state index contributed by atoms with van der Waals surface area (Å²) in [7, 11) is 0. The van der Waals surface area contributed by atoms with Crippen LogP contribution in [0.1, 0.15) is 49.1 Å². The summed E-state index contributed by atoms with van der Waals surface area (Å²) < 4.78 is 11.7. The van der Waals surface area contributed by atoms with E-state index in [0.717, 1.165) is 31.2 Å². The second-order valence-electron chi connectivity index (χ2n) is 6.68. The van der Waals surface area contributed by atoms with Crippen molar-refractivity contribution < 1.29 is 9.26 Å². The van der Waals surface area contributed by atoms with Gasteiger partial charge in [-0.15, -0.1) is 12.4 Å². The minimum Gasteiger partial charge on any atom is -0.476 e. The predicted octanol–water partition coefficient (Wildman–Crippen LogP) is 5.04. The minimum absolute atomic E-state index is 0. The van der Waals surface area contributed by atoms with E-state index in [1.165, 1.54) is 0 Å². The summed E-state index contributed by atoms with van der Waals surface area (Å²) in [6.45, 7) is 0. The van der Waals surface area contributed by atoms with Crippen LogP contribution in [0.25, 0.3) is 0 Å². The van der Waals surface area contributed by atoms with Crippen molar-refractivity contribution in [2.24, 2.45) is 5.73 Å². The van der Waals surface area contributed by atoms with Crippen molar-refractivity contribution in [3.8, 4) is 5.75 Å². The molecule has 142 valence electrons. The standard InChI is InChI=1S/C20H20ClN3O2.ClH/c21-15-8-10-16(11-9-15)25-17(14-6-2-1-3-7-14)18-23-19(24-26-18)20(22)12-4-5-13-20;/h1-3,6-11,17H,4-5,12-13,22H2;1H. The molecule has 0 aliphatic heterocycles. The molecule has 7 heteroatoms. The van der Waals surface area contributed by atoms with E-state index < -0.39 is 11.6 Å². The highest BCUT2D eigenvalue weighted by Crippen LogP contribution is 2.36. The number of hydrogen-bond acceptors (Lipinski definition) is 5. The van der Waals surface area contributed by atoms with Crippen molar-refractivity contribution in [2.45, 2.75) is 37.3 Å². The van der Waals surface area contributed by atoms with Gasteiger partial charge in [-0.1, -0.05) is 59.9 Å². The Kier molecular flexibility index (Phi) is 6.05. The molecule has 27 heavy (non-hydrogen) atoms. The summed E-state index contributed by atoms with van der Waals surface area (Å²) in [6.07, 6.45) is 3.41. The molecule has 0 radical (unpaired) electrons. The molecule has 3 aromatic rings. The molecule has 1 unspecified atom stereocenters. The number of halogens is 2. The van der Waals surface area contributed by atoms with Crippen molar-refractivity contribution in [3.05, 3.63) is 76.9 Å². The van der Waals surface area contributed by atoms with Crippen molar-refractivity contribution in [1.82, 2.24) is 10.1 Å². The maximum atomic E-state index is 6.46. The molecule has 0 spiro atoms. The SMILES string of the molecule is Cl.NC1(c2noc(C(Oc3ccc(Cl)cc3)c3ccccc3)n2)CCCC1. The normalized spacial score (nSPS) is 16.5. The van der Waals surface area contributed by atoms with Crippen LogP contribution in [-0.2, 0) is 5.54 Å². The lowest BCUT2D eigenvalue weighted by Crippen LogP contribution is -2.34. The number of rotatable bonds is 5. The van der Waals surface area contributed by atoms with E-state index in [-0.39, 0.29) is 12.4 Å². The lowest BCUT2D eigenvalue weighted by molar-refractivity contribution is 0.193. The Balaban J connectivity index is 0.00000210. The van der Waals surface area contributed by atoms with Crippen molar-refractivity contribution >= 4 is 24.0 Å². The van der Waals surface area contributed by atoms with E-state index in [9.17, 15) is 0 Å². The average molecular weight is 406 g/mol. The first-order valence-electron chi connectivity index (χ1n) is 8.74. The van der Waals surface area contributed by atoms with Crippen molar-refractivity contribution in [3.63, 3.8) is 0 Å². The zero-order chi connectivity index (χ0) is 18.0. The van der Waals surface area contributed by atoms with E-state index >= 15 is 0 Å². The molecule has 0 saturated heterocycles. The Hall–Kier alpha value is -2.08.